The van der Waals surface area contributed by atoms with Crippen LogP contribution in [-0.4, -0.2) is 23.7 Å². The molecule has 0 spiro atoms. The van der Waals surface area contributed by atoms with Crippen LogP contribution < -0.4 is 11.1 Å². The van der Waals surface area contributed by atoms with Gasteiger partial charge in [-0.05, 0) is 24.5 Å². The van der Waals surface area contributed by atoms with Crippen molar-refractivity contribution in [3.8, 4) is 0 Å². The molecule has 1 aromatic carbocycles. The normalized spacial score (nSPS) is 12.5. The number of nitrogen functional groups attached to an aromatic ring is 1. The lowest BCUT2D eigenvalue weighted by Crippen LogP contribution is -2.41. The summed E-state index contributed by atoms with van der Waals surface area (Å²) in [6.45, 7) is 5.68. The van der Waals surface area contributed by atoms with E-state index in [1.54, 1.807) is 12.1 Å². The van der Waals surface area contributed by atoms with Crippen LogP contribution in [0.5, 0.6) is 0 Å². The van der Waals surface area contributed by atoms with Crippen molar-refractivity contribution >= 4 is 11.6 Å². The summed E-state index contributed by atoms with van der Waals surface area (Å²) in [4.78, 5) is 12.0. The second-order valence-electron chi connectivity index (χ2n) is 4.54. The fraction of sp³-hybridized carbons (Fsp3) is 0.462. The molecule has 0 fully saturated rings. The Balaban J connectivity index is 2.86. The summed E-state index contributed by atoms with van der Waals surface area (Å²) < 4.78 is 0. The van der Waals surface area contributed by atoms with Crippen LogP contribution in [0.15, 0.2) is 18.2 Å². The summed E-state index contributed by atoms with van der Waals surface area (Å²) >= 11 is 0. The van der Waals surface area contributed by atoms with Crippen molar-refractivity contribution in [2.45, 2.75) is 26.8 Å². The Kier molecular flexibility index (Phi) is 4.52. The highest BCUT2D eigenvalue weighted by molar-refractivity contribution is 5.99. The second-order valence-corrected chi connectivity index (χ2v) is 4.54. The summed E-state index contributed by atoms with van der Waals surface area (Å²) in [7, 11) is 0. The standard InChI is InChI=1S/C13H20N2O2/c1-8(2)11(7-16)15-13(17)10-6-4-5-9(3)12(10)14/h4-6,8,11,16H,7,14H2,1-3H3,(H,15,17)/t11-/m1/s1. The van der Waals surface area contributed by atoms with E-state index in [-0.39, 0.29) is 24.5 Å². The van der Waals surface area contributed by atoms with Crippen molar-refractivity contribution in [1.82, 2.24) is 5.32 Å². The lowest BCUT2D eigenvalue weighted by Gasteiger charge is -2.20. The van der Waals surface area contributed by atoms with Gasteiger partial charge in [0.1, 0.15) is 0 Å². The lowest BCUT2D eigenvalue weighted by molar-refractivity contribution is 0.0897. The third-order valence-electron chi connectivity index (χ3n) is 2.89. The van der Waals surface area contributed by atoms with Gasteiger partial charge >= 0.3 is 0 Å². The molecule has 0 aliphatic rings. The third kappa shape index (κ3) is 3.20. The monoisotopic (exact) mass is 236 g/mol. The fourth-order valence-corrected chi connectivity index (χ4v) is 1.55. The summed E-state index contributed by atoms with van der Waals surface area (Å²) in [6.07, 6.45) is 0. The number of hydrogen-bond acceptors (Lipinski definition) is 3. The zero-order chi connectivity index (χ0) is 13.0. The van der Waals surface area contributed by atoms with Crippen LogP contribution in [-0.2, 0) is 0 Å². The number of benzene rings is 1. The van der Waals surface area contributed by atoms with E-state index in [0.29, 0.717) is 11.3 Å². The minimum atomic E-state index is -0.248. The Morgan fingerprint density at radius 2 is 2.12 bits per heavy atom. The number of anilines is 1. The molecular weight excluding hydrogens is 216 g/mol. The topological polar surface area (TPSA) is 75.3 Å². The maximum atomic E-state index is 12.0. The molecule has 1 amide bonds. The third-order valence-corrected chi connectivity index (χ3v) is 2.89. The Morgan fingerprint density at radius 3 is 2.65 bits per heavy atom. The number of para-hydroxylation sites is 1. The lowest BCUT2D eigenvalue weighted by atomic mass is 10.0. The highest BCUT2D eigenvalue weighted by atomic mass is 16.3. The summed E-state index contributed by atoms with van der Waals surface area (Å²) in [5, 5.41) is 12.0. The van der Waals surface area contributed by atoms with E-state index in [4.69, 9.17) is 5.73 Å². The first-order chi connectivity index (χ1) is 7.97. The smallest absolute Gasteiger partial charge is 0.253 e. The van der Waals surface area contributed by atoms with E-state index in [1.807, 2.05) is 26.8 Å². The van der Waals surface area contributed by atoms with Gasteiger partial charge in [0.2, 0.25) is 0 Å². The fourth-order valence-electron chi connectivity index (χ4n) is 1.55. The van der Waals surface area contributed by atoms with Gasteiger partial charge in [-0.15, -0.1) is 0 Å². The number of carbonyl (C=O) groups is 1. The van der Waals surface area contributed by atoms with Crippen LogP contribution in [0.1, 0.15) is 29.8 Å². The largest absolute Gasteiger partial charge is 0.398 e. The number of amides is 1. The van der Waals surface area contributed by atoms with E-state index >= 15 is 0 Å². The predicted octanol–water partition coefficient (Wildman–Crippen LogP) is 1.32. The van der Waals surface area contributed by atoms with Crippen molar-refractivity contribution in [2.24, 2.45) is 5.92 Å². The van der Waals surface area contributed by atoms with Gasteiger partial charge in [0, 0.05) is 5.69 Å². The predicted molar refractivity (Wildman–Crippen MR) is 68.8 cm³/mol. The number of nitrogens with two attached hydrogens (primary N) is 1. The molecule has 4 N–H and O–H groups in total. The Morgan fingerprint density at radius 1 is 1.47 bits per heavy atom. The number of hydrogen-bond donors (Lipinski definition) is 3. The number of nitrogens with one attached hydrogen (secondary N) is 1. The number of aryl methyl sites for hydroxylation is 1. The molecule has 1 rings (SSSR count). The Labute approximate surface area is 102 Å². The quantitative estimate of drug-likeness (QED) is 0.690. The van der Waals surface area contributed by atoms with Crippen LogP contribution in [0.4, 0.5) is 5.69 Å². The van der Waals surface area contributed by atoms with Gasteiger partial charge in [-0.2, -0.15) is 0 Å². The van der Waals surface area contributed by atoms with E-state index < -0.39 is 0 Å². The van der Waals surface area contributed by atoms with Gasteiger partial charge in [-0.25, -0.2) is 0 Å². The number of carbonyl (C=O) groups excluding carboxylic acids is 1. The molecule has 0 saturated carbocycles. The highest BCUT2D eigenvalue weighted by Gasteiger charge is 2.17. The van der Waals surface area contributed by atoms with Gasteiger partial charge in [-0.1, -0.05) is 26.0 Å². The number of aliphatic hydroxyl groups is 1. The van der Waals surface area contributed by atoms with Gasteiger partial charge in [0.05, 0.1) is 18.2 Å². The molecule has 0 aliphatic carbocycles. The van der Waals surface area contributed by atoms with Crippen molar-refractivity contribution in [2.75, 3.05) is 12.3 Å². The van der Waals surface area contributed by atoms with Crippen LogP contribution in [0.3, 0.4) is 0 Å². The maximum Gasteiger partial charge on any atom is 0.253 e. The molecule has 94 valence electrons. The number of rotatable bonds is 4. The van der Waals surface area contributed by atoms with Crippen molar-refractivity contribution in [3.63, 3.8) is 0 Å². The molecule has 0 saturated heterocycles. The minimum Gasteiger partial charge on any atom is -0.398 e. The molecular formula is C13H20N2O2. The van der Waals surface area contributed by atoms with Gasteiger partial charge < -0.3 is 16.2 Å². The summed E-state index contributed by atoms with van der Waals surface area (Å²) in [5.41, 5.74) is 7.68. The molecule has 0 bridgehead atoms. The van der Waals surface area contributed by atoms with Crippen LogP contribution in [0, 0.1) is 12.8 Å². The second kappa shape index (κ2) is 5.68. The average molecular weight is 236 g/mol. The van der Waals surface area contributed by atoms with Crippen LogP contribution in [0.25, 0.3) is 0 Å². The Bertz CT molecular complexity index is 402. The van der Waals surface area contributed by atoms with Gasteiger partial charge in [-0.3, -0.25) is 4.79 Å². The molecule has 1 atom stereocenters. The molecule has 0 unspecified atom stereocenters. The van der Waals surface area contributed by atoms with Crippen molar-refractivity contribution in [3.05, 3.63) is 29.3 Å². The molecule has 1 aromatic rings. The molecule has 0 aromatic heterocycles. The summed E-state index contributed by atoms with van der Waals surface area (Å²) in [6, 6.07) is 5.09. The van der Waals surface area contributed by atoms with Crippen molar-refractivity contribution in [1.29, 1.82) is 0 Å². The number of aliphatic hydroxyl groups excluding tert-OH is 1. The van der Waals surface area contributed by atoms with Gasteiger partial charge in [0.25, 0.3) is 5.91 Å². The maximum absolute atomic E-state index is 12.0. The highest BCUT2D eigenvalue weighted by Crippen LogP contribution is 2.16. The first-order valence-electron chi connectivity index (χ1n) is 5.74. The minimum absolute atomic E-state index is 0.0743. The molecule has 17 heavy (non-hydrogen) atoms. The van der Waals surface area contributed by atoms with Crippen LogP contribution in [0.2, 0.25) is 0 Å². The molecule has 0 radical (unpaired) electrons. The zero-order valence-electron chi connectivity index (χ0n) is 10.5. The van der Waals surface area contributed by atoms with E-state index in [0.717, 1.165) is 5.56 Å². The van der Waals surface area contributed by atoms with E-state index in [1.165, 1.54) is 0 Å². The SMILES string of the molecule is Cc1cccc(C(=O)N[C@H](CO)C(C)C)c1N. The first-order valence-corrected chi connectivity index (χ1v) is 5.74. The zero-order valence-corrected chi connectivity index (χ0v) is 10.5. The van der Waals surface area contributed by atoms with Crippen molar-refractivity contribution < 1.29 is 9.90 Å². The van der Waals surface area contributed by atoms with Crippen LogP contribution >= 0.6 is 0 Å². The molecule has 4 nitrogen and oxygen atoms in total. The van der Waals surface area contributed by atoms with E-state index in [2.05, 4.69) is 5.32 Å². The molecule has 0 aliphatic heterocycles. The molecule has 4 heteroatoms. The van der Waals surface area contributed by atoms with Gasteiger partial charge in [0.15, 0.2) is 0 Å². The average Bonchev–Trinajstić information content (AvgIpc) is 2.28. The summed E-state index contributed by atoms with van der Waals surface area (Å²) in [5.74, 6) is -0.0612. The molecule has 0 heterocycles. The Hall–Kier alpha value is -1.55. The first kappa shape index (κ1) is 13.5. The van der Waals surface area contributed by atoms with E-state index in [9.17, 15) is 9.90 Å².